The summed E-state index contributed by atoms with van der Waals surface area (Å²) in [5, 5.41) is 4.34. The molecule has 132 valence electrons. The number of carbonyl (C=O) groups excluding carboxylic acids is 1. The van der Waals surface area contributed by atoms with Crippen LogP contribution < -0.4 is 5.32 Å². The van der Waals surface area contributed by atoms with E-state index in [0.717, 1.165) is 27.3 Å². The number of aromatic amines is 1. The van der Waals surface area contributed by atoms with Gasteiger partial charge in [0.25, 0.3) is 5.91 Å². The predicted octanol–water partition coefficient (Wildman–Crippen LogP) is 4.72. The van der Waals surface area contributed by atoms with Gasteiger partial charge in [-0.1, -0.05) is 24.3 Å². The monoisotopic (exact) mass is 384 g/mol. The second-order valence-corrected chi connectivity index (χ2v) is 7.85. The molecule has 0 aliphatic carbocycles. The summed E-state index contributed by atoms with van der Waals surface area (Å²) in [4.78, 5) is 24.2. The largest absolute Gasteiger partial charge is 0.445 e. The van der Waals surface area contributed by atoms with Gasteiger partial charge in [-0.25, -0.2) is 9.97 Å². The molecule has 0 atom stereocenters. The molecule has 8 heteroatoms. The molecule has 0 unspecified atom stereocenters. The summed E-state index contributed by atoms with van der Waals surface area (Å²) in [7, 11) is 0. The maximum absolute atomic E-state index is 12.6. The smallest absolute Gasteiger partial charge is 0.258 e. The number of thioether (sulfide) groups is 1. The molecule has 4 rings (SSSR count). The van der Waals surface area contributed by atoms with Gasteiger partial charge >= 0.3 is 0 Å². The molecule has 0 fully saturated rings. The van der Waals surface area contributed by atoms with Crippen LogP contribution in [0.3, 0.4) is 0 Å². The Morgan fingerprint density at radius 2 is 2.23 bits per heavy atom. The van der Waals surface area contributed by atoms with E-state index in [9.17, 15) is 4.79 Å². The zero-order valence-electron chi connectivity index (χ0n) is 14.0. The third-order valence-corrected chi connectivity index (χ3v) is 5.92. The van der Waals surface area contributed by atoms with Crippen LogP contribution in [0.15, 0.2) is 51.5 Å². The Bertz CT molecular complexity index is 1050. The number of benzene rings is 1. The van der Waals surface area contributed by atoms with Crippen molar-refractivity contribution in [3.63, 3.8) is 0 Å². The van der Waals surface area contributed by atoms with E-state index in [1.165, 1.54) is 11.3 Å². The van der Waals surface area contributed by atoms with Gasteiger partial charge in [0.15, 0.2) is 5.13 Å². The van der Waals surface area contributed by atoms with Crippen molar-refractivity contribution in [2.45, 2.75) is 23.3 Å². The number of nitrogens with zero attached hydrogens (tertiary/aromatic N) is 2. The lowest BCUT2D eigenvalue weighted by atomic mass is 10.1. The van der Waals surface area contributed by atoms with Crippen molar-refractivity contribution in [2.24, 2.45) is 0 Å². The molecule has 0 aliphatic heterocycles. The Morgan fingerprint density at radius 1 is 1.31 bits per heavy atom. The number of anilines is 1. The highest BCUT2D eigenvalue weighted by Gasteiger charge is 2.13. The van der Waals surface area contributed by atoms with Crippen molar-refractivity contribution in [1.82, 2.24) is 15.0 Å². The standard InChI is InChI=1S/C18H16N4O2S2/c1-2-11-8-20-15(24-11)10-25-16-9-21-18(26-16)22-17(23)13-4-3-5-14-12(13)6-7-19-14/h3-9,19H,2,10H2,1H3,(H,21,22,23). The highest BCUT2D eigenvalue weighted by atomic mass is 32.2. The molecule has 0 aliphatic rings. The van der Waals surface area contributed by atoms with Crippen molar-refractivity contribution in [3.8, 4) is 0 Å². The average Bonchev–Trinajstić information content (AvgIpc) is 3.39. The van der Waals surface area contributed by atoms with E-state index in [-0.39, 0.29) is 5.91 Å². The van der Waals surface area contributed by atoms with Gasteiger partial charge in [0.2, 0.25) is 5.89 Å². The van der Waals surface area contributed by atoms with Gasteiger partial charge in [-0.3, -0.25) is 10.1 Å². The van der Waals surface area contributed by atoms with Crippen LogP contribution in [0, 0.1) is 0 Å². The van der Waals surface area contributed by atoms with Gasteiger partial charge in [0.1, 0.15) is 5.76 Å². The van der Waals surface area contributed by atoms with Crippen molar-refractivity contribution < 1.29 is 9.21 Å². The number of aryl methyl sites for hydroxylation is 1. The fourth-order valence-corrected chi connectivity index (χ4v) is 4.26. The molecule has 4 aromatic rings. The van der Waals surface area contributed by atoms with Crippen LogP contribution >= 0.6 is 23.1 Å². The lowest BCUT2D eigenvalue weighted by molar-refractivity contribution is 0.102. The molecule has 26 heavy (non-hydrogen) atoms. The lowest BCUT2D eigenvalue weighted by Gasteiger charge is -2.03. The summed E-state index contributed by atoms with van der Waals surface area (Å²) in [5.41, 5.74) is 1.56. The molecule has 3 aromatic heterocycles. The van der Waals surface area contributed by atoms with Gasteiger partial charge < -0.3 is 9.40 Å². The van der Waals surface area contributed by atoms with E-state index in [0.29, 0.717) is 22.3 Å². The molecule has 0 radical (unpaired) electrons. The third-order valence-electron chi connectivity index (χ3n) is 3.83. The fraction of sp³-hybridized carbons (Fsp3) is 0.167. The van der Waals surface area contributed by atoms with Gasteiger partial charge in [-0.05, 0) is 18.2 Å². The minimum absolute atomic E-state index is 0.165. The van der Waals surface area contributed by atoms with Crippen LogP contribution in [-0.4, -0.2) is 20.9 Å². The molecule has 6 nitrogen and oxygen atoms in total. The van der Waals surface area contributed by atoms with E-state index in [1.54, 1.807) is 24.2 Å². The van der Waals surface area contributed by atoms with Crippen molar-refractivity contribution >= 4 is 45.0 Å². The number of amides is 1. The van der Waals surface area contributed by atoms with Gasteiger partial charge in [-0.15, -0.1) is 11.8 Å². The zero-order chi connectivity index (χ0) is 17.9. The number of oxazole rings is 1. The van der Waals surface area contributed by atoms with E-state index in [4.69, 9.17) is 4.42 Å². The lowest BCUT2D eigenvalue weighted by Crippen LogP contribution is -2.11. The number of aromatic nitrogens is 3. The van der Waals surface area contributed by atoms with Crippen molar-refractivity contribution in [2.75, 3.05) is 5.32 Å². The molecular formula is C18H16N4O2S2. The predicted molar refractivity (Wildman–Crippen MR) is 104 cm³/mol. The fourth-order valence-electron chi connectivity index (χ4n) is 2.54. The van der Waals surface area contributed by atoms with Crippen LogP contribution in [0.2, 0.25) is 0 Å². The maximum atomic E-state index is 12.6. The first kappa shape index (κ1) is 16.9. The molecule has 0 spiro atoms. The molecular weight excluding hydrogens is 368 g/mol. The number of hydrogen-bond donors (Lipinski definition) is 2. The molecule has 0 saturated carbocycles. The van der Waals surface area contributed by atoms with Crippen LogP contribution in [-0.2, 0) is 12.2 Å². The second kappa shape index (κ2) is 7.35. The summed E-state index contributed by atoms with van der Waals surface area (Å²) in [6, 6.07) is 7.51. The summed E-state index contributed by atoms with van der Waals surface area (Å²) in [6.07, 6.45) is 6.18. The second-order valence-electron chi connectivity index (χ2n) is 5.55. The van der Waals surface area contributed by atoms with E-state index in [1.807, 2.05) is 37.4 Å². The Kier molecular flexibility index (Phi) is 4.77. The summed E-state index contributed by atoms with van der Waals surface area (Å²) >= 11 is 3.03. The number of thiazole rings is 1. The maximum Gasteiger partial charge on any atom is 0.258 e. The third kappa shape index (κ3) is 3.51. The average molecular weight is 384 g/mol. The minimum atomic E-state index is -0.165. The molecule has 3 heterocycles. The van der Waals surface area contributed by atoms with Crippen molar-refractivity contribution in [3.05, 3.63) is 60.1 Å². The van der Waals surface area contributed by atoms with E-state index in [2.05, 4.69) is 20.3 Å². The molecule has 0 bridgehead atoms. The van der Waals surface area contributed by atoms with Crippen LogP contribution in [0.25, 0.3) is 10.9 Å². The number of rotatable bonds is 6. The first-order valence-corrected chi connectivity index (χ1v) is 9.93. The number of hydrogen-bond acceptors (Lipinski definition) is 6. The summed E-state index contributed by atoms with van der Waals surface area (Å²) in [6.45, 7) is 2.03. The van der Waals surface area contributed by atoms with Crippen molar-refractivity contribution in [1.29, 1.82) is 0 Å². The van der Waals surface area contributed by atoms with E-state index >= 15 is 0 Å². The zero-order valence-corrected chi connectivity index (χ0v) is 15.6. The first-order valence-electron chi connectivity index (χ1n) is 8.12. The topological polar surface area (TPSA) is 83.8 Å². The highest BCUT2D eigenvalue weighted by molar-refractivity contribution is 8.00. The highest BCUT2D eigenvalue weighted by Crippen LogP contribution is 2.31. The number of H-pyrrole nitrogens is 1. The SMILES string of the molecule is CCc1cnc(CSc2cnc(NC(=O)c3cccc4[nH]ccc34)s2)o1. The Morgan fingerprint density at radius 3 is 3.08 bits per heavy atom. The van der Waals surface area contributed by atoms with Gasteiger partial charge in [0.05, 0.1) is 22.4 Å². The Labute approximate surface area is 158 Å². The summed E-state index contributed by atoms with van der Waals surface area (Å²) < 4.78 is 6.59. The Balaban J connectivity index is 1.41. The van der Waals surface area contributed by atoms with Crippen LogP contribution in [0.4, 0.5) is 5.13 Å². The molecule has 2 N–H and O–H groups in total. The normalized spacial score (nSPS) is 11.1. The van der Waals surface area contributed by atoms with E-state index < -0.39 is 0 Å². The molecule has 0 saturated heterocycles. The number of fused-ring (bicyclic) bond motifs is 1. The Hall–Kier alpha value is -2.58. The minimum Gasteiger partial charge on any atom is -0.445 e. The van der Waals surface area contributed by atoms with Gasteiger partial charge in [-0.2, -0.15) is 0 Å². The number of nitrogens with one attached hydrogen (secondary N) is 2. The van der Waals surface area contributed by atoms with Crippen LogP contribution in [0.5, 0.6) is 0 Å². The number of carbonyl (C=O) groups is 1. The van der Waals surface area contributed by atoms with Crippen LogP contribution in [0.1, 0.15) is 28.9 Å². The first-order chi connectivity index (χ1) is 12.7. The van der Waals surface area contributed by atoms with Gasteiger partial charge in [0, 0.05) is 29.1 Å². The molecule has 1 amide bonds. The molecule has 1 aromatic carbocycles. The summed E-state index contributed by atoms with van der Waals surface area (Å²) in [5.74, 6) is 2.06. The quantitative estimate of drug-likeness (QED) is 0.470.